The van der Waals surface area contributed by atoms with Crippen LogP contribution in [0, 0.1) is 17.8 Å². The number of phenols is 1. The molecule has 33 heavy (non-hydrogen) atoms. The van der Waals surface area contributed by atoms with E-state index in [1.165, 1.54) is 6.08 Å². The van der Waals surface area contributed by atoms with Crippen LogP contribution < -0.4 is 4.74 Å². The first-order valence-electron chi connectivity index (χ1n) is 11.0. The van der Waals surface area contributed by atoms with Crippen molar-refractivity contribution in [2.45, 2.75) is 32.6 Å². The van der Waals surface area contributed by atoms with E-state index in [-0.39, 0.29) is 46.5 Å². The number of benzene rings is 1. The van der Waals surface area contributed by atoms with Crippen LogP contribution in [0.25, 0.3) is 0 Å². The molecule has 1 saturated heterocycles. The number of hydrogen-bond acceptors (Lipinski definition) is 7. The van der Waals surface area contributed by atoms with E-state index < -0.39 is 35.5 Å². The van der Waals surface area contributed by atoms with Gasteiger partial charge >= 0.3 is 0 Å². The molecule has 0 radical (unpaired) electrons. The molecular formula is C25H23NO7. The number of amides is 2. The lowest BCUT2D eigenvalue weighted by molar-refractivity contribution is -0.173. The highest BCUT2D eigenvalue weighted by Gasteiger charge is 2.56. The van der Waals surface area contributed by atoms with Gasteiger partial charge in [0.05, 0.1) is 18.4 Å². The molecule has 4 unspecified atom stereocenters. The van der Waals surface area contributed by atoms with Gasteiger partial charge in [-0.3, -0.25) is 24.4 Å². The van der Waals surface area contributed by atoms with E-state index >= 15 is 0 Å². The summed E-state index contributed by atoms with van der Waals surface area (Å²) < 4.78 is 5.54. The van der Waals surface area contributed by atoms with Crippen LogP contribution in [0.4, 0.5) is 0 Å². The molecule has 0 spiro atoms. The number of Topliss-reactive ketones (excluding diaryl/α,β-unsaturated/α-hetero) is 1. The minimum atomic E-state index is -0.828. The molecule has 4 atom stereocenters. The Morgan fingerprint density at radius 3 is 2.61 bits per heavy atom. The number of para-hydroxylation sites is 1. The zero-order valence-electron chi connectivity index (χ0n) is 18.2. The predicted octanol–water partition coefficient (Wildman–Crippen LogP) is 2.61. The molecule has 3 aliphatic carbocycles. The van der Waals surface area contributed by atoms with Gasteiger partial charge in [-0.05, 0) is 44.7 Å². The molecule has 2 N–H and O–H groups in total. The lowest BCUT2D eigenvalue weighted by atomic mass is 9.59. The largest absolute Gasteiger partial charge is 0.504 e. The Bertz CT molecular complexity index is 1220. The third-order valence-corrected chi connectivity index (χ3v) is 7.18. The van der Waals surface area contributed by atoms with Gasteiger partial charge in [0, 0.05) is 28.2 Å². The number of ether oxygens (including phenoxy) is 1. The summed E-state index contributed by atoms with van der Waals surface area (Å²) in [6.45, 7) is 3.69. The summed E-state index contributed by atoms with van der Waals surface area (Å²) in [5, 5.41) is 21.2. The highest BCUT2D eigenvalue weighted by molar-refractivity contribution is 6.23. The number of hydrogen-bond donors (Lipinski definition) is 2. The number of imide groups is 1. The average Bonchev–Trinajstić information content (AvgIpc) is 3.02. The Balaban J connectivity index is 1.73. The van der Waals surface area contributed by atoms with E-state index in [1.807, 2.05) is 6.08 Å². The second kappa shape index (κ2) is 7.52. The third kappa shape index (κ3) is 2.94. The fourth-order valence-electron chi connectivity index (χ4n) is 5.74. The zero-order valence-corrected chi connectivity index (χ0v) is 18.2. The minimum absolute atomic E-state index is 0.117. The van der Waals surface area contributed by atoms with Crippen molar-refractivity contribution in [3.8, 4) is 11.5 Å². The summed E-state index contributed by atoms with van der Waals surface area (Å²) in [5.74, 6) is -4.69. The molecule has 1 aromatic carbocycles. The Morgan fingerprint density at radius 1 is 1.12 bits per heavy atom. The highest BCUT2D eigenvalue weighted by atomic mass is 16.5. The maximum absolute atomic E-state index is 13.3. The lowest BCUT2D eigenvalue weighted by Crippen LogP contribution is -2.39. The number of ketones is 2. The molecule has 5 rings (SSSR count). The number of hydroxylamine groups is 2. The van der Waals surface area contributed by atoms with Crippen LogP contribution in [0.15, 0.2) is 52.6 Å². The van der Waals surface area contributed by atoms with E-state index in [0.29, 0.717) is 28.9 Å². The summed E-state index contributed by atoms with van der Waals surface area (Å²) in [4.78, 5) is 51.5. The van der Waals surface area contributed by atoms with Crippen LogP contribution in [0.5, 0.6) is 11.5 Å². The van der Waals surface area contributed by atoms with E-state index in [0.717, 1.165) is 0 Å². The fourth-order valence-corrected chi connectivity index (χ4v) is 5.74. The number of aromatic hydroxyl groups is 1. The Labute approximate surface area is 189 Å². The van der Waals surface area contributed by atoms with Crippen molar-refractivity contribution < 1.29 is 34.2 Å². The van der Waals surface area contributed by atoms with Crippen molar-refractivity contribution in [1.82, 2.24) is 5.06 Å². The van der Waals surface area contributed by atoms with E-state index in [1.54, 1.807) is 32.0 Å². The topological polar surface area (TPSA) is 121 Å². The first-order valence-corrected chi connectivity index (χ1v) is 11.0. The molecule has 8 nitrogen and oxygen atoms in total. The molecule has 8 heteroatoms. The Morgan fingerprint density at radius 2 is 1.88 bits per heavy atom. The third-order valence-electron chi connectivity index (χ3n) is 7.18. The van der Waals surface area contributed by atoms with E-state index in [2.05, 4.69) is 0 Å². The van der Waals surface area contributed by atoms with E-state index in [9.17, 15) is 29.5 Å². The first-order chi connectivity index (χ1) is 15.8. The second-order valence-corrected chi connectivity index (χ2v) is 8.84. The molecule has 0 saturated carbocycles. The van der Waals surface area contributed by atoms with Crippen LogP contribution in [0.1, 0.15) is 38.2 Å². The smallest absolute Gasteiger partial charge is 0.257 e. The first kappa shape index (κ1) is 21.3. The maximum Gasteiger partial charge on any atom is 0.257 e. The molecule has 1 aliphatic heterocycles. The second-order valence-electron chi connectivity index (χ2n) is 8.84. The predicted molar refractivity (Wildman–Crippen MR) is 114 cm³/mol. The maximum atomic E-state index is 13.3. The van der Waals surface area contributed by atoms with Crippen molar-refractivity contribution >= 4 is 23.4 Å². The lowest BCUT2D eigenvalue weighted by Gasteiger charge is -2.42. The van der Waals surface area contributed by atoms with Crippen molar-refractivity contribution in [2.24, 2.45) is 17.8 Å². The molecule has 0 aromatic heterocycles. The highest BCUT2D eigenvalue weighted by Crippen LogP contribution is 2.56. The van der Waals surface area contributed by atoms with Crippen LogP contribution >= 0.6 is 0 Å². The number of rotatable bonds is 3. The number of phenolic OH excluding ortho intramolecular Hbond substituents is 1. The molecule has 4 aliphatic rings. The quantitative estimate of drug-likeness (QED) is 0.315. The van der Waals surface area contributed by atoms with Gasteiger partial charge in [-0.15, -0.1) is 0 Å². The summed E-state index contributed by atoms with van der Waals surface area (Å²) in [5.41, 5.74) is 1.99. The van der Waals surface area contributed by atoms with Crippen molar-refractivity contribution in [2.75, 3.05) is 6.61 Å². The van der Waals surface area contributed by atoms with Crippen LogP contribution in [-0.4, -0.2) is 45.4 Å². The fraction of sp³-hybridized carbons (Fsp3) is 0.360. The van der Waals surface area contributed by atoms with Crippen LogP contribution in [0.3, 0.4) is 0 Å². The van der Waals surface area contributed by atoms with E-state index in [4.69, 9.17) is 4.74 Å². The Kier molecular flexibility index (Phi) is 4.86. The standard InChI is InChI=1S/C25H23NO7/c1-3-33-18-6-4-5-13(23(18)29)19-12-7-8-14-20(25(31)26(32)24(14)30)15(12)10-16-17(27)9-11(2)22(28)21(16)19/h4-7,9,14-15,19-20,29,32H,3,8,10H2,1-2H3. The number of nitrogens with zero attached hydrogens (tertiary/aromatic N) is 1. The summed E-state index contributed by atoms with van der Waals surface area (Å²) in [7, 11) is 0. The van der Waals surface area contributed by atoms with Crippen molar-refractivity contribution in [3.63, 3.8) is 0 Å². The average molecular weight is 449 g/mol. The molecular weight excluding hydrogens is 426 g/mol. The SMILES string of the molecule is CCOc1cccc(C2C3=CCC4C(=O)N(O)C(=O)C4C3CC3=C2C(=O)C(C)=CC3=O)c1O. The number of allylic oxidation sites excluding steroid dienone is 6. The van der Waals surface area contributed by atoms with Crippen LogP contribution in [-0.2, 0) is 19.2 Å². The monoisotopic (exact) mass is 449 g/mol. The molecule has 2 amide bonds. The molecule has 0 bridgehead atoms. The van der Waals surface area contributed by atoms with Crippen LogP contribution in [0.2, 0.25) is 0 Å². The molecule has 170 valence electrons. The van der Waals surface area contributed by atoms with Gasteiger partial charge in [0.2, 0.25) is 0 Å². The number of carbonyl (C=O) groups excluding carboxylic acids is 4. The van der Waals surface area contributed by atoms with Gasteiger partial charge in [-0.25, -0.2) is 0 Å². The van der Waals surface area contributed by atoms with Gasteiger partial charge in [0.1, 0.15) is 0 Å². The van der Waals surface area contributed by atoms with Gasteiger partial charge < -0.3 is 9.84 Å². The normalized spacial score (nSPS) is 28.9. The number of carbonyl (C=O) groups is 4. The number of fused-ring (bicyclic) bond motifs is 3. The molecule has 1 aromatic rings. The van der Waals surface area contributed by atoms with Crippen molar-refractivity contribution in [1.29, 1.82) is 0 Å². The summed E-state index contributed by atoms with van der Waals surface area (Å²) in [6, 6.07) is 4.99. The zero-order chi connectivity index (χ0) is 23.6. The Hall–Kier alpha value is -3.52. The minimum Gasteiger partial charge on any atom is -0.504 e. The van der Waals surface area contributed by atoms with Crippen molar-refractivity contribution in [3.05, 3.63) is 58.2 Å². The molecule has 1 fully saturated rings. The van der Waals surface area contributed by atoms with Gasteiger partial charge in [-0.2, -0.15) is 5.06 Å². The summed E-state index contributed by atoms with van der Waals surface area (Å²) in [6.07, 6.45) is 3.46. The molecule has 1 heterocycles. The van der Waals surface area contributed by atoms with Gasteiger partial charge in [0.15, 0.2) is 23.1 Å². The van der Waals surface area contributed by atoms with Gasteiger partial charge in [-0.1, -0.05) is 23.8 Å². The van der Waals surface area contributed by atoms with Gasteiger partial charge in [0.25, 0.3) is 11.8 Å². The summed E-state index contributed by atoms with van der Waals surface area (Å²) >= 11 is 0.